The molecule has 0 saturated heterocycles. The Bertz CT molecular complexity index is 585. The van der Waals surface area contributed by atoms with Gasteiger partial charge in [-0.2, -0.15) is 0 Å². The Kier molecular flexibility index (Phi) is 3.61. The number of ether oxygens (including phenoxy) is 1. The highest BCUT2D eigenvalue weighted by Gasteiger charge is 2.58. The maximum absolute atomic E-state index is 14.6. The standard InChI is InChI=1S/C14H17FN2O4/c1-13(2,3)21-12(18)16-11-8-14(11,15)9-5-4-6-10(7-9)17(19)20/h4-7,11H,8H2,1-3H3,(H,16,18)/t11-,14-/m1/s1. The molecule has 6 nitrogen and oxygen atoms in total. The van der Waals surface area contributed by atoms with Gasteiger partial charge in [0.05, 0.1) is 11.0 Å². The second kappa shape index (κ2) is 4.98. The van der Waals surface area contributed by atoms with Gasteiger partial charge in [-0.3, -0.25) is 10.1 Å². The van der Waals surface area contributed by atoms with Crippen molar-refractivity contribution < 1.29 is 18.8 Å². The van der Waals surface area contributed by atoms with Crippen LogP contribution < -0.4 is 5.32 Å². The number of nitrogens with one attached hydrogen (secondary N) is 1. The Balaban J connectivity index is 2.05. The monoisotopic (exact) mass is 296 g/mol. The number of hydrogen-bond donors (Lipinski definition) is 1. The summed E-state index contributed by atoms with van der Waals surface area (Å²) in [5.74, 6) is 0. The molecule has 1 aromatic carbocycles. The molecular weight excluding hydrogens is 279 g/mol. The summed E-state index contributed by atoms with van der Waals surface area (Å²) in [7, 11) is 0. The van der Waals surface area contributed by atoms with Gasteiger partial charge in [-0.15, -0.1) is 0 Å². The van der Waals surface area contributed by atoms with Gasteiger partial charge in [-0.25, -0.2) is 9.18 Å². The van der Waals surface area contributed by atoms with Crippen LogP contribution in [0.5, 0.6) is 0 Å². The Morgan fingerprint density at radius 1 is 1.52 bits per heavy atom. The van der Waals surface area contributed by atoms with Gasteiger partial charge in [0, 0.05) is 18.6 Å². The second-order valence-electron chi connectivity index (χ2n) is 6.07. The van der Waals surface area contributed by atoms with E-state index in [1.165, 1.54) is 24.3 Å². The van der Waals surface area contributed by atoms with Crippen molar-refractivity contribution in [2.45, 2.75) is 44.5 Å². The minimum absolute atomic E-state index is 0.0768. The molecule has 0 unspecified atom stereocenters. The van der Waals surface area contributed by atoms with E-state index >= 15 is 0 Å². The van der Waals surface area contributed by atoms with Gasteiger partial charge in [0.2, 0.25) is 0 Å². The van der Waals surface area contributed by atoms with E-state index in [-0.39, 0.29) is 17.7 Å². The van der Waals surface area contributed by atoms with E-state index in [4.69, 9.17) is 4.74 Å². The zero-order valence-electron chi connectivity index (χ0n) is 12.1. The molecule has 1 N–H and O–H groups in total. The molecule has 21 heavy (non-hydrogen) atoms. The van der Waals surface area contributed by atoms with Crippen molar-refractivity contribution in [1.29, 1.82) is 0 Å². The summed E-state index contributed by atoms with van der Waals surface area (Å²) in [5.41, 5.74) is -2.42. The summed E-state index contributed by atoms with van der Waals surface area (Å²) in [4.78, 5) is 21.7. The maximum atomic E-state index is 14.6. The number of halogens is 1. The van der Waals surface area contributed by atoms with Crippen LogP contribution in [-0.4, -0.2) is 22.7 Å². The fourth-order valence-corrected chi connectivity index (χ4v) is 2.05. The van der Waals surface area contributed by atoms with Crippen molar-refractivity contribution in [1.82, 2.24) is 5.32 Å². The molecule has 2 rings (SSSR count). The van der Waals surface area contributed by atoms with Crippen LogP contribution in [0.25, 0.3) is 0 Å². The highest BCUT2D eigenvalue weighted by atomic mass is 19.1. The number of alkyl carbamates (subject to hydrolysis) is 1. The van der Waals surface area contributed by atoms with E-state index in [9.17, 15) is 19.3 Å². The smallest absolute Gasteiger partial charge is 0.407 e. The van der Waals surface area contributed by atoms with E-state index < -0.39 is 28.3 Å². The zero-order chi connectivity index (χ0) is 15.8. The number of carbonyl (C=O) groups excluding carboxylic acids is 1. The number of nitro benzene ring substituents is 1. The predicted octanol–water partition coefficient (Wildman–Crippen LogP) is 3.06. The number of nitrogens with zero attached hydrogens (tertiary/aromatic N) is 1. The molecule has 0 aromatic heterocycles. The van der Waals surface area contributed by atoms with Crippen molar-refractivity contribution in [2.24, 2.45) is 0 Å². The maximum Gasteiger partial charge on any atom is 0.407 e. The molecule has 0 bridgehead atoms. The van der Waals surface area contributed by atoms with Crippen LogP contribution >= 0.6 is 0 Å². The van der Waals surface area contributed by atoms with Gasteiger partial charge in [0.1, 0.15) is 5.60 Å². The number of carbonyl (C=O) groups is 1. The van der Waals surface area contributed by atoms with Crippen LogP contribution in [0.4, 0.5) is 14.9 Å². The summed E-state index contributed by atoms with van der Waals surface area (Å²) >= 11 is 0. The number of amides is 1. The average Bonchev–Trinajstić information content (AvgIpc) is 2.98. The quantitative estimate of drug-likeness (QED) is 0.686. The Morgan fingerprint density at radius 2 is 2.19 bits per heavy atom. The van der Waals surface area contributed by atoms with E-state index in [1.807, 2.05) is 0 Å². The predicted molar refractivity (Wildman–Crippen MR) is 73.7 cm³/mol. The summed E-state index contributed by atoms with van der Waals surface area (Å²) in [6, 6.07) is 4.67. The van der Waals surface area contributed by atoms with Crippen LogP contribution in [0.15, 0.2) is 24.3 Å². The first kappa shape index (κ1) is 15.2. The third-order valence-electron chi connectivity index (χ3n) is 3.12. The zero-order valence-corrected chi connectivity index (χ0v) is 12.1. The third-order valence-corrected chi connectivity index (χ3v) is 3.12. The number of benzene rings is 1. The minimum atomic E-state index is -1.77. The Morgan fingerprint density at radius 3 is 2.76 bits per heavy atom. The molecule has 1 saturated carbocycles. The minimum Gasteiger partial charge on any atom is -0.444 e. The average molecular weight is 296 g/mol. The molecule has 0 radical (unpaired) electrons. The molecule has 114 valence electrons. The molecule has 7 heteroatoms. The molecule has 1 fully saturated rings. The normalized spacial score (nSPS) is 24.3. The number of nitro groups is 1. The first-order valence-electron chi connectivity index (χ1n) is 6.55. The third kappa shape index (κ3) is 3.48. The molecule has 1 aliphatic rings. The van der Waals surface area contributed by atoms with E-state index in [0.717, 1.165) is 0 Å². The fourth-order valence-electron chi connectivity index (χ4n) is 2.05. The number of alkyl halides is 1. The van der Waals surface area contributed by atoms with Gasteiger partial charge in [-0.1, -0.05) is 12.1 Å². The Labute approximate surface area is 121 Å². The topological polar surface area (TPSA) is 81.5 Å². The van der Waals surface area contributed by atoms with Gasteiger partial charge in [0.25, 0.3) is 5.69 Å². The molecular formula is C14H17FN2O4. The van der Waals surface area contributed by atoms with Gasteiger partial charge in [0.15, 0.2) is 5.67 Å². The van der Waals surface area contributed by atoms with E-state index in [1.54, 1.807) is 20.8 Å². The highest BCUT2D eigenvalue weighted by molar-refractivity contribution is 5.69. The molecule has 2 atom stereocenters. The molecule has 0 aliphatic heterocycles. The lowest BCUT2D eigenvalue weighted by molar-refractivity contribution is -0.385. The van der Waals surface area contributed by atoms with Crippen molar-refractivity contribution in [3.8, 4) is 0 Å². The highest BCUT2D eigenvalue weighted by Crippen LogP contribution is 2.50. The van der Waals surface area contributed by atoms with Crippen molar-refractivity contribution in [2.75, 3.05) is 0 Å². The van der Waals surface area contributed by atoms with Gasteiger partial charge >= 0.3 is 6.09 Å². The summed E-state index contributed by atoms with van der Waals surface area (Å²) in [6.45, 7) is 5.13. The lowest BCUT2D eigenvalue weighted by Gasteiger charge is -2.20. The summed E-state index contributed by atoms with van der Waals surface area (Å²) in [5, 5.41) is 13.2. The van der Waals surface area contributed by atoms with Gasteiger partial charge in [-0.05, 0) is 26.3 Å². The SMILES string of the molecule is CC(C)(C)OC(=O)N[C@@H]1C[C@@]1(F)c1cccc([N+](=O)[O-])c1. The van der Waals surface area contributed by atoms with Crippen molar-refractivity contribution in [3.05, 3.63) is 39.9 Å². The lowest BCUT2D eigenvalue weighted by atomic mass is 10.1. The van der Waals surface area contributed by atoms with Crippen LogP contribution in [0, 0.1) is 10.1 Å². The van der Waals surface area contributed by atoms with E-state index in [0.29, 0.717) is 0 Å². The molecule has 0 heterocycles. The number of non-ortho nitro benzene ring substituents is 1. The van der Waals surface area contributed by atoms with Crippen LogP contribution in [-0.2, 0) is 10.4 Å². The first-order chi connectivity index (χ1) is 9.62. The number of rotatable bonds is 3. The van der Waals surface area contributed by atoms with Crippen molar-refractivity contribution >= 4 is 11.8 Å². The van der Waals surface area contributed by atoms with Crippen LogP contribution in [0.3, 0.4) is 0 Å². The van der Waals surface area contributed by atoms with Crippen LogP contribution in [0.2, 0.25) is 0 Å². The molecule has 1 aliphatic carbocycles. The van der Waals surface area contributed by atoms with Crippen molar-refractivity contribution in [3.63, 3.8) is 0 Å². The lowest BCUT2D eigenvalue weighted by Crippen LogP contribution is -2.35. The summed E-state index contributed by atoms with van der Waals surface area (Å²) in [6.07, 6.45) is -0.620. The molecule has 0 spiro atoms. The Hall–Kier alpha value is -2.18. The van der Waals surface area contributed by atoms with Gasteiger partial charge < -0.3 is 10.1 Å². The fraction of sp³-hybridized carbons (Fsp3) is 0.500. The first-order valence-corrected chi connectivity index (χ1v) is 6.55. The second-order valence-corrected chi connectivity index (χ2v) is 6.07. The number of hydrogen-bond acceptors (Lipinski definition) is 4. The largest absolute Gasteiger partial charge is 0.444 e. The van der Waals surface area contributed by atoms with Crippen LogP contribution in [0.1, 0.15) is 32.8 Å². The molecule has 1 aromatic rings. The van der Waals surface area contributed by atoms with E-state index in [2.05, 4.69) is 5.32 Å². The molecule has 1 amide bonds. The summed E-state index contributed by atoms with van der Waals surface area (Å²) < 4.78 is 19.7.